The Morgan fingerprint density at radius 1 is 1.39 bits per heavy atom. The van der Waals surface area contributed by atoms with Crippen LogP contribution in [-0.2, 0) is 9.53 Å². The molecule has 6 heteroatoms. The van der Waals surface area contributed by atoms with Crippen molar-refractivity contribution in [1.29, 1.82) is 0 Å². The van der Waals surface area contributed by atoms with E-state index in [1.165, 1.54) is 0 Å². The fourth-order valence-electron chi connectivity index (χ4n) is 1.88. The molecule has 18 heavy (non-hydrogen) atoms. The van der Waals surface area contributed by atoms with Crippen LogP contribution in [0.3, 0.4) is 0 Å². The molecule has 1 aliphatic rings. The van der Waals surface area contributed by atoms with Gasteiger partial charge in [-0.15, -0.1) is 0 Å². The molecule has 1 atom stereocenters. The van der Waals surface area contributed by atoms with Crippen LogP contribution >= 0.6 is 0 Å². The topological polar surface area (TPSA) is 87.7 Å². The standard InChI is InChI=1S/C12H22N2O4/c1-3-9(10(15)16)14-11(17)13-8-12(2)4-6-18-7-5-12/h9H,3-8H2,1-2H3,(H,15,16)(H2,13,14,17)/t9-/m0/s1. The van der Waals surface area contributed by atoms with Crippen molar-refractivity contribution < 1.29 is 19.4 Å². The van der Waals surface area contributed by atoms with E-state index < -0.39 is 18.0 Å². The first kappa shape index (κ1) is 14.8. The van der Waals surface area contributed by atoms with Crippen molar-refractivity contribution >= 4 is 12.0 Å². The molecule has 6 nitrogen and oxygen atoms in total. The minimum Gasteiger partial charge on any atom is -0.480 e. The lowest BCUT2D eigenvalue weighted by Crippen LogP contribution is -2.48. The van der Waals surface area contributed by atoms with Crippen molar-refractivity contribution in [1.82, 2.24) is 10.6 Å². The van der Waals surface area contributed by atoms with E-state index in [1.54, 1.807) is 6.92 Å². The van der Waals surface area contributed by atoms with Crippen molar-refractivity contribution in [3.8, 4) is 0 Å². The largest absolute Gasteiger partial charge is 0.480 e. The summed E-state index contributed by atoms with van der Waals surface area (Å²) < 4.78 is 5.28. The number of hydrogen-bond donors (Lipinski definition) is 3. The number of aliphatic carboxylic acids is 1. The van der Waals surface area contributed by atoms with Crippen LogP contribution in [0.2, 0.25) is 0 Å². The first-order valence-corrected chi connectivity index (χ1v) is 6.32. The molecule has 1 heterocycles. The lowest BCUT2D eigenvalue weighted by molar-refractivity contribution is -0.139. The summed E-state index contributed by atoms with van der Waals surface area (Å²) in [5.74, 6) is -1.01. The van der Waals surface area contributed by atoms with Gasteiger partial charge in [0.15, 0.2) is 0 Å². The highest BCUT2D eigenvalue weighted by atomic mass is 16.5. The van der Waals surface area contributed by atoms with Gasteiger partial charge in [0, 0.05) is 19.8 Å². The molecular weight excluding hydrogens is 236 g/mol. The molecule has 1 fully saturated rings. The molecule has 0 aromatic rings. The van der Waals surface area contributed by atoms with Crippen LogP contribution in [0.25, 0.3) is 0 Å². The molecule has 0 spiro atoms. The molecule has 0 bridgehead atoms. The fourth-order valence-corrected chi connectivity index (χ4v) is 1.88. The number of carboxylic acid groups (broad SMARTS) is 1. The molecule has 0 aromatic heterocycles. The average Bonchev–Trinajstić information content (AvgIpc) is 2.34. The SMILES string of the molecule is CC[C@H](NC(=O)NCC1(C)CCOCC1)C(=O)O. The Hall–Kier alpha value is -1.30. The minimum absolute atomic E-state index is 0.0422. The normalized spacial score (nSPS) is 19.9. The zero-order valence-corrected chi connectivity index (χ0v) is 11.0. The summed E-state index contributed by atoms with van der Waals surface area (Å²) in [7, 11) is 0. The van der Waals surface area contributed by atoms with Crippen LogP contribution in [0.5, 0.6) is 0 Å². The van der Waals surface area contributed by atoms with Gasteiger partial charge in [-0.25, -0.2) is 9.59 Å². The molecule has 104 valence electrons. The highest BCUT2D eigenvalue weighted by molar-refractivity contribution is 5.82. The molecule has 0 saturated carbocycles. The van der Waals surface area contributed by atoms with Crippen molar-refractivity contribution in [2.45, 2.75) is 39.2 Å². The number of carbonyl (C=O) groups is 2. The Labute approximate surface area is 107 Å². The van der Waals surface area contributed by atoms with Gasteiger partial charge in [-0.05, 0) is 24.7 Å². The maximum absolute atomic E-state index is 11.6. The van der Waals surface area contributed by atoms with Gasteiger partial charge in [-0.1, -0.05) is 13.8 Å². The van der Waals surface area contributed by atoms with E-state index in [0.29, 0.717) is 26.2 Å². The third-order valence-electron chi connectivity index (χ3n) is 3.39. The van der Waals surface area contributed by atoms with Crippen molar-refractivity contribution in [2.75, 3.05) is 19.8 Å². The van der Waals surface area contributed by atoms with Crippen LogP contribution in [0.4, 0.5) is 4.79 Å². The lowest BCUT2D eigenvalue weighted by atomic mass is 9.82. The predicted molar refractivity (Wildman–Crippen MR) is 66.4 cm³/mol. The zero-order valence-electron chi connectivity index (χ0n) is 11.0. The van der Waals surface area contributed by atoms with Gasteiger partial charge < -0.3 is 20.5 Å². The summed E-state index contributed by atoms with van der Waals surface area (Å²) in [5.41, 5.74) is 0.0422. The monoisotopic (exact) mass is 258 g/mol. The molecule has 1 rings (SSSR count). The molecule has 0 aromatic carbocycles. The summed E-state index contributed by atoms with van der Waals surface area (Å²) in [6.45, 7) is 5.79. The van der Waals surface area contributed by atoms with Gasteiger partial charge in [-0.3, -0.25) is 0 Å². The van der Waals surface area contributed by atoms with Crippen LogP contribution < -0.4 is 10.6 Å². The third kappa shape index (κ3) is 4.52. The van der Waals surface area contributed by atoms with Gasteiger partial charge >= 0.3 is 12.0 Å². The van der Waals surface area contributed by atoms with Gasteiger partial charge in [0.05, 0.1) is 0 Å². The summed E-state index contributed by atoms with van der Waals surface area (Å²) in [5, 5.41) is 14.0. The number of amides is 2. The number of ether oxygens (including phenoxy) is 1. The smallest absolute Gasteiger partial charge is 0.326 e. The number of carboxylic acids is 1. The summed E-state index contributed by atoms with van der Waals surface area (Å²) in [6, 6.07) is -1.25. The van der Waals surface area contributed by atoms with E-state index in [-0.39, 0.29) is 5.41 Å². The van der Waals surface area contributed by atoms with Crippen molar-refractivity contribution in [2.24, 2.45) is 5.41 Å². The minimum atomic E-state index is -1.01. The summed E-state index contributed by atoms with van der Waals surface area (Å²) >= 11 is 0. The second-order valence-corrected chi connectivity index (χ2v) is 5.05. The molecule has 2 amide bonds. The highest BCUT2D eigenvalue weighted by Gasteiger charge is 2.28. The van der Waals surface area contributed by atoms with E-state index in [2.05, 4.69) is 17.6 Å². The number of urea groups is 1. The Morgan fingerprint density at radius 2 is 2.00 bits per heavy atom. The van der Waals surface area contributed by atoms with E-state index >= 15 is 0 Å². The van der Waals surface area contributed by atoms with Gasteiger partial charge in [0.2, 0.25) is 0 Å². The second-order valence-electron chi connectivity index (χ2n) is 5.05. The third-order valence-corrected chi connectivity index (χ3v) is 3.39. The second kappa shape index (κ2) is 6.58. The van der Waals surface area contributed by atoms with Crippen LogP contribution in [0.1, 0.15) is 33.1 Å². The fraction of sp³-hybridized carbons (Fsp3) is 0.833. The molecule has 1 saturated heterocycles. The van der Waals surface area contributed by atoms with Crippen molar-refractivity contribution in [3.05, 3.63) is 0 Å². The van der Waals surface area contributed by atoms with E-state index in [1.807, 2.05) is 0 Å². The maximum atomic E-state index is 11.6. The number of rotatable bonds is 5. The van der Waals surface area contributed by atoms with Crippen LogP contribution in [-0.4, -0.2) is 42.9 Å². The first-order valence-electron chi connectivity index (χ1n) is 6.32. The molecule has 1 aliphatic heterocycles. The van der Waals surface area contributed by atoms with Gasteiger partial charge in [-0.2, -0.15) is 0 Å². The average molecular weight is 258 g/mol. The number of hydrogen-bond acceptors (Lipinski definition) is 3. The van der Waals surface area contributed by atoms with Gasteiger partial charge in [0.1, 0.15) is 6.04 Å². The summed E-state index contributed by atoms with van der Waals surface area (Å²) in [4.78, 5) is 22.4. The Morgan fingerprint density at radius 3 is 2.50 bits per heavy atom. The Balaban J connectivity index is 2.34. The zero-order chi connectivity index (χ0) is 13.6. The molecule has 0 radical (unpaired) electrons. The van der Waals surface area contributed by atoms with E-state index in [9.17, 15) is 9.59 Å². The molecule has 3 N–H and O–H groups in total. The molecule has 0 unspecified atom stereocenters. The van der Waals surface area contributed by atoms with Gasteiger partial charge in [0.25, 0.3) is 0 Å². The van der Waals surface area contributed by atoms with E-state index in [4.69, 9.17) is 9.84 Å². The van der Waals surface area contributed by atoms with E-state index in [0.717, 1.165) is 12.8 Å². The van der Waals surface area contributed by atoms with Crippen LogP contribution in [0.15, 0.2) is 0 Å². The number of nitrogens with one attached hydrogen (secondary N) is 2. The predicted octanol–water partition coefficient (Wildman–Crippen LogP) is 0.965. The summed E-state index contributed by atoms with van der Waals surface area (Å²) in [6.07, 6.45) is 2.18. The van der Waals surface area contributed by atoms with Crippen molar-refractivity contribution in [3.63, 3.8) is 0 Å². The molecule has 0 aliphatic carbocycles. The molecular formula is C12H22N2O4. The van der Waals surface area contributed by atoms with Crippen LogP contribution in [0, 0.1) is 5.41 Å². The lowest BCUT2D eigenvalue weighted by Gasteiger charge is -2.33. The Kier molecular flexibility index (Phi) is 5.40. The first-order chi connectivity index (χ1) is 8.47. The Bertz CT molecular complexity index is 300. The quantitative estimate of drug-likeness (QED) is 0.685. The highest BCUT2D eigenvalue weighted by Crippen LogP contribution is 2.28. The number of carbonyl (C=O) groups excluding carboxylic acids is 1. The maximum Gasteiger partial charge on any atom is 0.326 e.